The monoisotopic (exact) mass is 312 g/mol. The molecule has 88 valence electrons. The Balaban J connectivity index is 2.09. The fraction of sp³-hybridized carbons (Fsp3) is 0.0909. The van der Waals surface area contributed by atoms with Crippen LogP contribution in [0.1, 0.15) is 4.88 Å². The number of non-ortho nitro benzene ring substituents is 1. The molecule has 0 saturated heterocycles. The smallest absolute Gasteiger partial charge is 0.270 e. The highest BCUT2D eigenvalue weighted by atomic mass is 79.9. The molecule has 0 aliphatic rings. The molecular formula is C11H9BrN2O2S. The lowest BCUT2D eigenvalue weighted by molar-refractivity contribution is -0.384. The van der Waals surface area contributed by atoms with Gasteiger partial charge < -0.3 is 5.32 Å². The number of rotatable bonds is 4. The first-order valence-electron chi connectivity index (χ1n) is 4.87. The van der Waals surface area contributed by atoms with E-state index in [1.54, 1.807) is 17.4 Å². The summed E-state index contributed by atoms with van der Waals surface area (Å²) in [7, 11) is 0. The normalized spacial score (nSPS) is 10.2. The molecule has 4 nitrogen and oxygen atoms in total. The summed E-state index contributed by atoms with van der Waals surface area (Å²) >= 11 is 4.99. The zero-order valence-corrected chi connectivity index (χ0v) is 11.1. The van der Waals surface area contributed by atoms with Crippen molar-refractivity contribution in [2.24, 2.45) is 0 Å². The van der Waals surface area contributed by atoms with Gasteiger partial charge in [-0.25, -0.2) is 0 Å². The number of nitrogens with zero attached hydrogens (tertiary/aromatic N) is 1. The van der Waals surface area contributed by atoms with Crippen LogP contribution < -0.4 is 5.32 Å². The molecular weight excluding hydrogens is 304 g/mol. The number of hydrogen-bond acceptors (Lipinski definition) is 4. The van der Waals surface area contributed by atoms with Crippen molar-refractivity contribution < 1.29 is 4.92 Å². The van der Waals surface area contributed by atoms with Crippen LogP contribution in [0.3, 0.4) is 0 Å². The first kappa shape index (κ1) is 12.1. The third-order valence-electron chi connectivity index (χ3n) is 2.20. The Morgan fingerprint density at radius 2 is 2.24 bits per heavy atom. The van der Waals surface area contributed by atoms with Gasteiger partial charge in [-0.1, -0.05) is 6.07 Å². The number of nitro groups is 1. The average molecular weight is 313 g/mol. The molecule has 0 amide bonds. The Hall–Kier alpha value is -1.40. The maximum atomic E-state index is 10.6. The van der Waals surface area contributed by atoms with Gasteiger partial charge in [0.15, 0.2) is 0 Å². The van der Waals surface area contributed by atoms with Gasteiger partial charge in [-0.3, -0.25) is 10.1 Å². The first-order chi connectivity index (χ1) is 8.16. The predicted octanol–water partition coefficient (Wildman–Crippen LogP) is 4.03. The third kappa shape index (κ3) is 3.04. The maximum Gasteiger partial charge on any atom is 0.270 e. The Morgan fingerprint density at radius 1 is 1.41 bits per heavy atom. The van der Waals surface area contributed by atoms with Crippen LogP contribution in [0.4, 0.5) is 11.4 Å². The second-order valence-corrected chi connectivity index (χ2v) is 5.24. The zero-order chi connectivity index (χ0) is 12.3. The summed E-state index contributed by atoms with van der Waals surface area (Å²) in [5.74, 6) is 0. The van der Waals surface area contributed by atoms with Gasteiger partial charge in [-0.05, 0) is 33.4 Å². The SMILES string of the molecule is O=[N+]([O-])c1ccc(NCc2cccs2)c(Br)c1. The van der Waals surface area contributed by atoms with Crippen LogP contribution in [0, 0.1) is 10.1 Å². The second-order valence-electron chi connectivity index (χ2n) is 3.35. The van der Waals surface area contributed by atoms with Gasteiger partial charge in [-0.2, -0.15) is 0 Å². The minimum Gasteiger partial charge on any atom is -0.379 e. The number of nitro benzene ring substituents is 1. The summed E-state index contributed by atoms with van der Waals surface area (Å²) in [5, 5.41) is 15.8. The molecule has 0 unspecified atom stereocenters. The van der Waals surface area contributed by atoms with Crippen LogP contribution in [-0.2, 0) is 6.54 Å². The number of benzene rings is 1. The van der Waals surface area contributed by atoms with Crippen LogP contribution in [0.15, 0.2) is 40.2 Å². The molecule has 1 N–H and O–H groups in total. The van der Waals surface area contributed by atoms with Crippen molar-refractivity contribution in [3.8, 4) is 0 Å². The number of thiophene rings is 1. The fourth-order valence-corrected chi connectivity index (χ4v) is 2.51. The van der Waals surface area contributed by atoms with Crippen LogP contribution in [-0.4, -0.2) is 4.92 Å². The summed E-state index contributed by atoms with van der Waals surface area (Å²) in [6.07, 6.45) is 0. The van der Waals surface area contributed by atoms with Crippen molar-refractivity contribution in [2.75, 3.05) is 5.32 Å². The van der Waals surface area contributed by atoms with Gasteiger partial charge in [0.2, 0.25) is 0 Å². The highest BCUT2D eigenvalue weighted by Gasteiger charge is 2.08. The first-order valence-corrected chi connectivity index (χ1v) is 6.54. The van der Waals surface area contributed by atoms with E-state index in [0.717, 1.165) is 5.69 Å². The van der Waals surface area contributed by atoms with E-state index >= 15 is 0 Å². The molecule has 2 aromatic rings. The zero-order valence-electron chi connectivity index (χ0n) is 8.72. The molecule has 0 bridgehead atoms. The minimum absolute atomic E-state index is 0.0820. The van der Waals surface area contributed by atoms with E-state index < -0.39 is 4.92 Å². The van der Waals surface area contributed by atoms with Gasteiger partial charge in [0.1, 0.15) is 0 Å². The van der Waals surface area contributed by atoms with Crippen LogP contribution in [0.25, 0.3) is 0 Å². The molecule has 0 fully saturated rings. The van der Waals surface area contributed by atoms with Crippen molar-refractivity contribution in [3.63, 3.8) is 0 Å². The molecule has 0 atom stereocenters. The van der Waals surface area contributed by atoms with Crippen molar-refractivity contribution in [2.45, 2.75) is 6.54 Å². The highest BCUT2D eigenvalue weighted by Crippen LogP contribution is 2.27. The summed E-state index contributed by atoms with van der Waals surface area (Å²) < 4.78 is 0.697. The molecule has 6 heteroatoms. The Kier molecular flexibility index (Phi) is 3.75. The molecule has 1 aromatic carbocycles. The number of halogens is 1. The van der Waals surface area contributed by atoms with E-state index in [-0.39, 0.29) is 5.69 Å². The third-order valence-corrected chi connectivity index (χ3v) is 3.73. The van der Waals surface area contributed by atoms with E-state index in [9.17, 15) is 10.1 Å². The largest absolute Gasteiger partial charge is 0.379 e. The number of nitrogens with one attached hydrogen (secondary N) is 1. The lowest BCUT2D eigenvalue weighted by atomic mass is 10.3. The quantitative estimate of drug-likeness (QED) is 0.685. The van der Waals surface area contributed by atoms with Gasteiger partial charge in [0.05, 0.1) is 4.92 Å². The lowest BCUT2D eigenvalue weighted by Gasteiger charge is -2.06. The highest BCUT2D eigenvalue weighted by molar-refractivity contribution is 9.10. The number of hydrogen-bond donors (Lipinski definition) is 1. The van der Waals surface area contributed by atoms with E-state index in [4.69, 9.17) is 0 Å². The molecule has 0 saturated carbocycles. The van der Waals surface area contributed by atoms with Crippen molar-refractivity contribution in [1.29, 1.82) is 0 Å². The van der Waals surface area contributed by atoms with Crippen LogP contribution in [0.2, 0.25) is 0 Å². The number of anilines is 1. The lowest BCUT2D eigenvalue weighted by Crippen LogP contribution is -1.98. The summed E-state index contributed by atoms with van der Waals surface area (Å²) in [6, 6.07) is 8.72. The average Bonchev–Trinajstić information content (AvgIpc) is 2.80. The fourth-order valence-electron chi connectivity index (χ4n) is 1.36. The Morgan fingerprint density at radius 3 is 2.82 bits per heavy atom. The molecule has 1 heterocycles. The summed E-state index contributed by atoms with van der Waals surface area (Å²) in [4.78, 5) is 11.4. The van der Waals surface area contributed by atoms with Gasteiger partial charge in [-0.15, -0.1) is 11.3 Å². The minimum atomic E-state index is -0.409. The van der Waals surface area contributed by atoms with E-state index in [0.29, 0.717) is 11.0 Å². The Labute approximate surface area is 111 Å². The topological polar surface area (TPSA) is 55.2 Å². The van der Waals surface area contributed by atoms with Crippen molar-refractivity contribution in [1.82, 2.24) is 0 Å². The van der Waals surface area contributed by atoms with Crippen LogP contribution >= 0.6 is 27.3 Å². The second kappa shape index (κ2) is 5.29. The molecule has 1 aromatic heterocycles. The van der Waals surface area contributed by atoms with Gasteiger partial charge in [0, 0.05) is 33.7 Å². The summed E-state index contributed by atoms with van der Waals surface area (Å²) in [5.41, 5.74) is 0.933. The van der Waals surface area contributed by atoms with E-state index in [1.807, 2.05) is 17.5 Å². The molecule has 0 spiro atoms. The van der Waals surface area contributed by atoms with Gasteiger partial charge >= 0.3 is 0 Å². The van der Waals surface area contributed by atoms with E-state index in [2.05, 4.69) is 21.2 Å². The van der Waals surface area contributed by atoms with E-state index in [1.165, 1.54) is 17.0 Å². The van der Waals surface area contributed by atoms with Crippen molar-refractivity contribution in [3.05, 3.63) is 55.2 Å². The molecule has 0 radical (unpaired) electrons. The van der Waals surface area contributed by atoms with Gasteiger partial charge in [0.25, 0.3) is 5.69 Å². The summed E-state index contributed by atoms with van der Waals surface area (Å²) in [6.45, 7) is 0.716. The molecule has 0 aliphatic carbocycles. The standard InChI is InChI=1S/C11H9BrN2O2S/c12-10-6-8(14(15)16)3-4-11(10)13-7-9-2-1-5-17-9/h1-6,13H,7H2. The molecule has 2 rings (SSSR count). The predicted molar refractivity (Wildman–Crippen MR) is 72.4 cm³/mol. The molecule has 0 aliphatic heterocycles. The Bertz CT molecular complexity index is 528. The molecule has 17 heavy (non-hydrogen) atoms. The maximum absolute atomic E-state index is 10.6. The van der Waals surface area contributed by atoms with Crippen LogP contribution in [0.5, 0.6) is 0 Å². The van der Waals surface area contributed by atoms with Crippen molar-refractivity contribution >= 4 is 38.6 Å².